The molecule has 1 heterocycles. The van der Waals surface area contributed by atoms with E-state index >= 15 is 0 Å². The first-order chi connectivity index (χ1) is 13.7. The SMILES string of the molecule is Fc1cnc2cc(OCc3ccccc3)cc(OCc3ccccc3)c2c1Cl. The monoisotopic (exact) mass is 393 g/mol. The van der Waals surface area contributed by atoms with E-state index in [1.165, 1.54) is 0 Å². The van der Waals surface area contributed by atoms with Crippen LogP contribution in [0.5, 0.6) is 11.5 Å². The summed E-state index contributed by atoms with van der Waals surface area (Å²) in [7, 11) is 0. The summed E-state index contributed by atoms with van der Waals surface area (Å²) in [5.41, 5.74) is 2.55. The quantitative estimate of drug-likeness (QED) is 0.391. The van der Waals surface area contributed by atoms with Crippen molar-refractivity contribution in [3.8, 4) is 11.5 Å². The van der Waals surface area contributed by atoms with Crippen LogP contribution in [0.25, 0.3) is 10.9 Å². The number of hydrogen-bond donors (Lipinski definition) is 0. The van der Waals surface area contributed by atoms with Crippen LogP contribution >= 0.6 is 11.6 Å². The van der Waals surface area contributed by atoms with Crippen LogP contribution in [0, 0.1) is 5.82 Å². The molecule has 4 aromatic rings. The second-order valence-electron chi connectivity index (χ2n) is 6.28. The summed E-state index contributed by atoms with van der Waals surface area (Å²) in [6.07, 6.45) is 1.10. The number of benzene rings is 3. The second-order valence-corrected chi connectivity index (χ2v) is 6.66. The van der Waals surface area contributed by atoms with Gasteiger partial charge in [0.2, 0.25) is 0 Å². The maximum Gasteiger partial charge on any atom is 0.160 e. The third kappa shape index (κ3) is 4.07. The molecule has 0 atom stereocenters. The van der Waals surface area contributed by atoms with Gasteiger partial charge in [-0.25, -0.2) is 4.39 Å². The van der Waals surface area contributed by atoms with Crippen LogP contribution in [0.1, 0.15) is 11.1 Å². The van der Waals surface area contributed by atoms with Gasteiger partial charge < -0.3 is 9.47 Å². The van der Waals surface area contributed by atoms with Crippen molar-refractivity contribution in [3.05, 3.63) is 101 Å². The number of nitrogens with zero attached hydrogens (tertiary/aromatic N) is 1. The molecule has 0 bridgehead atoms. The average molecular weight is 394 g/mol. The Bertz CT molecular complexity index is 1090. The van der Waals surface area contributed by atoms with Crippen molar-refractivity contribution in [2.75, 3.05) is 0 Å². The van der Waals surface area contributed by atoms with Crippen LogP contribution in [0.15, 0.2) is 79.0 Å². The van der Waals surface area contributed by atoms with Gasteiger partial charge in [0.15, 0.2) is 5.82 Å². The molecule has 0 amide bonds. The predicted molar refractivity (Wildman–Crippen MR) is 108 cm³/mol. The molecule has 0 radical (unpaired) electrons. The summed E-state index contributed by atoms with van der Waals surface area (Å²) in [5, 5.41) is 0.423. The molecular weight excluding hydrogens is 377 g/mol. The van der Waals surface area contributed by atoms with Gasteiger partial charge in [0.05, 0.1) is 22.1 Å². The van der Waals surface area contributed by atoms with E-state index in [0.717, 1.165) is 17.3 Å². The maximum absolute atomic E-state index is 14.0. The molecule has 0 unspecified atom stereocenters. The summed E-state index contributed by atoms with van der Waals surface area (Å²) in [5.74, 6) is 0.424. The van der Waals surface area contributed by atoms with E-state index < -0.39 is 5.82 Å². The Balaban J connectivity index is 1.66. The Labute approximate surface area is 167 Å². The molecule has 5 heteroatoms. The number of ether oxygens (including phenoxy) is 2. The molecule has 0 aliphatic rings. The largest absolute Gasteiger partial charge is 0.489 e. The predicted octanol–water partition coefficient (Wildman–Crippen LogP) is 6.19. The smallest absolute Gasteiger partial charge is 0.160 e. The van der Waals surface area contributed by atoms with Gasteiger partial charge >= 0.3 is 0 Å². The van der Waals surface area contributed by atoms with Crippen LogP contribution in [0.2, 0.25) is 5.02 Å². The Morgan fingerprint density at radius 1 is 0.821 bits per heavy atom. The lowest BCUT2D eigenvalue weighted by Crippen LogP contribution is -2.00. The Kier molecular flexibility index (Phi) is 5.40. The fourth-order valence-electron chi connectivity index (χ4n) is 2.87. The summed E-state index contributed by atoms with van der Waals surface area (Å²) >= 11 is 6.20. The van der Waals surface area contributed by atoms with Crippen molar-refractivity contribution in [1.82, 2.24) is 4.98 Å². The first-order valence-corrected chi connectivity index (χ1v) is 9.20. The lowest BCUT2D eigenvalue weighted by Gasteiger charge is -2.14. The summed E-state index contributed by atoms with van der Waals surface area (Å²) in [6.45, 7) is 0.727. The van der Waals surface area contributed by atoms with Gasteiger partial charge in [0.25, 0.3) is 0 Å². The topological polar surface area (TPSA) is 31.4 Å². The fraction of sp³-hybridized carbons (Fsp3) is 0.0870. The van der Waals surface area contributed by atoms with Crippen molar-refractivity contribution < 1.29 is 13.9 Å². The molecule has 1 aromatic heterocycles. The van der Waals surface area contributed by atoms with Gasteiger partial charge in [-0.1, -0.05) is 72.3 Å². The molecule has 0 N–H and O–H groups in total. The Hall–Kier alpha value is -3.11. The normalized spacial score (nSPS) is 10.8. The minimum Gasteiger partial charge on any atom is -0.489 e. The number of pyridine rings is 1. The summed E-state index contributed by atoms with van der Waals surface area (Å²) in [4.78, 5) is 4.15. The highest BCUT2D eigenvalue weighted by Crippen LogP contribution is 2.37. The third-order valence-electron chi connectivity index (χ3n) is 4.29. The average Bonchev–Trinajstić information content (AvgIpc) is 2.74. The van der Waals surface area contributed by atoms with Crippen molar-refractivity contribution in [3.63, 3.8) is 0 Å². The summed E-state index contributed by atoms with van der Waals surface area (Å²) < 4.78 is 25.8. The van der Waals surface area contributed by atoms with Crippen molar-refractivity contribution in [2.24, 2.45) is 0 Å². The van der Waals surface area contributed by atoms with Crippen LogP contribution in [-0.2, 0) is 13.2 Å². The second kappa shape index (κ2) is 8.28. The van der Waals surface area contributed by atoms with Gasteiger partial charge in [-0.2, -0.15) is 0 Å². The molecule has 0 aliphatic heterocycles. The molecule has 0 fully saturated rings. The van der Waals surface area contributed by atoms with E-state index in [4.69, 9.17) is 21.1 Å². The zero-order valence-electron chi connectivity index (χ0n) is 14.9. The zero-order chi connectivity index (χ0) is 19.3. The van der Waals surface area contributed by atoms with E-state index in [0.29, 0.717) is 35.6 Å². The minimum absolute atomic E-state index is 0.0114. The molecule has 28 heavy (non-hydrogen) atoms. The maximum atomic E-state index is 14.0. The van der Waals surface area contributed by atoms with Crippen LogP contribution in [0.3, 0.4) is 0 Å². The molecular formula is C23H17ClFNO2. The summed E-state index contributed by atoms with van der Waals surface area (Å²) in [6, 6.07) is 23.0. The highest BCUT2D eigenvalue weighted by molar-refractivity contribution is 6.36. The number of rotatable bonds is 6. The van der Waals surface area contributed by atoms with Crippen LogP contribution < -0.4 is 9.47 Å². The van der Waals surface area contributed by atoms with Crippen molar-refractivity contribution >= 4 is 22.5 Å². The number of halogens is 2. The fourth-order valence-corrected chi connectivity index (χ4v) is 3.11. The van der Waals surface area contributed by atoms with E-state index in [2.05, 4.69) is 4.98 Å². The molecule has 4 rings (SSSR count). The van der Waals surface area contributed by atoms with Gasteiger partial charge in [-0.15, -0.1) is 0 Å². The molecule has 0 saturated carbocycles. The molecule has 3 aromatic carbocycles. The number of fused-ring (bicyclic) bond motifs is 1. The van der Waals surface area contributed by atoms with E-state index in [1.54, 1.807) is 12.1 Å². The standard InChI is InChI=1S/C23H17ClFNO2/c24-23-19(25)13-26-20-11-18(27-14-16-7-3-1-4-8-16)12-21(22(20)23)28-15-17-9-5-2-6-10-17/h1-13H,14-15H2. The highest BCUT2D eigenvalue weighted by atomic mass is 35.5. The van der Waals surface area contributed by atoms with Gasteiger partial charge in [-0.05, 0) is 11.1 Å². The van der Waals surface area contributed by atoms with E-state index in [9.17, 15) is 4.39 Å². The molecule has 3 nitrogen and oxygen atoms in total. The molecule has 0 aliphatic carbocycles. The number of hydrogen-bond acceptors (Lipinski definition) is 3. The minimum atomic E-state index is -0.586. The van der Waals surface area contributed by atoms with E-state index in [1.807, 2.05) is 60.7 Å². The molecule has 0 spiro atoms. The number of aromatic nitrogens is 1. The van der Waals surface area contributed by atoms with Crippen LogP contribution in [-0.4, -0.2) is 4.98 Å². The van der Waals surface area contributed by atoms with Crippen molar-refractivity contribution in [2.45, 2.75) is 13.2 Å². The highest BCUT2D eigenvalue weighted by Gasteiger charge is 2.15. The van der Waals surface area contributed by atoms with E-state index in [-0.39, 0.29) is 5.02 Å². The van der Waals surface area contributed by atoms with Gasteiger partial charge in [0.1, 0.15) is 24.7 Å². The third-order valence-corrected chi connectivity index (χ3v) is 4.66. The lowest BCUT2D eigenvalue weighted by molar-refractivity contribution is 0.292. The van der Waals surface area contributed by atoms with Crippen molar-refractivity contribution in [1.29, 1.82) is 0 Å². The van der Waals surface area contributed by atoms with Crippen LogP contribution in [0.4, 0.5) is 4.39 Å². The zero-order valence-corrected chi connectivity index (χ0v) is 15.7. The van der Waals surface area contributed by atoms with Gasteiger partial charge in [-0.3, -0.25) is 4.98 Å². The Morgan fingerprint density at radius 2 is 1.43 bits per heavy atom. The molecule has 140 valence electrons. The molecule has 0 saturated heterocycles. The first-order valence-electron chi connectivity index (χ1n) is 8.82. The van der Waals surface area contributed by atoms with Gasteiger partial charge in [0, 0.05) is 12.1 Å². The Morgan fingerprint density at radius 3 is 2.07 bits per heavy atom. The first kappa shape index (κ1) is 18.3. The lowest BCUT2D eigenvalue weighted by atomic mass is 10.1.